The van der Waals surface area contributed by atoms with Crippen molar-refractivity contribution < 1.29 is 4.79 Å². The molecule has 1 atom stereocenters. The van der Waals surface area contributed by atoms with Gasteiger partial charge in [-0.2, -0.15) is 0 Å². The van der Waals surface area contributed by atoms with Crippen molar-refractivity contribution in [2.24, 2.45) is 0 Å². The highest BCUT2D eigenvalue weighted by Crippen LogP contribution is 2.22. The Morgan fingerprint density at radius 1 is 1.35 bits per heavy atom. The Balaban J connectivity index is 1.98. The fourth-order valence-electron chi connectivity index (χ4n) is 2.62. The SMILES string of the molecule is CCCC(=O)N1CCCC1Cc1ccccc1. The van der Waals surface area contributed by atoms with Crippen molar-refractivity contribution in [3.05, 3.63) is 35.9 Å². The van der Waals surface area contributed by atoms with Gasteiger partial charge in [0.15, 0.2) is 0 Å². The Kier molecular flexibility index (Phi) is 4.18. The third-order valence-electron chi connectivity index (χ3n) is 3.48. The van der Waals surface area contributed by atoms with Gasteiger partial charge in [-0.1, -0.05) is 37.3 Å². The first-order valence-corrected chi connectivity index (χ1v) is 6.64. The van der Waals surface area contributed by atoms with E-state index in [2.05, 4.69) is 36.1 Å². The third-order valence-corrected chi connectivity index (χ3v) is 3.48. The van der Waals surface area contributed by atoms with Crippen LogP contribution in [0.15, 0.2) is 30.3 Å². The summed E-state index contributed by atoms with van der Waals surface area (Å²) in [6.07, 6.45) is 4.98. The molecule has 0 N–H and O–H groups in total. The number of hydrogen-bond acceptors (Lipinski definition) is 1. The van der Waals surface area contributed by atoms with Crippen LogP contribution in [0.4, 0.5) is 0 Å². The van der Waals surface area contributed by atoms with Crippen LogP contribution < -0.4 is 0 Å². The van der Waals surface area contributed by atoms with Gasteiger partial charge in [-0.15, -0.1) is 0 Å². The van der Waals surface area contributed by atoms with E-state index in [0.29, 0.717) is 18.4 Å². The lowest BCUT2D eigenvalue weighted by atomic mass is 10.0. The van der Waals surface area contributed by atoms with Crippen LogP contribution in [0.5, 0.6) is 0 Å². The second kappa shape index (κ2) is 5.85. The summed E-state index contributed by atoms with van der Waals surface area (Å²) in [5.74, 6) is 0.339. The van der Waals surface area contributed by atoms with E-state index in [-0.39, 0.29) is 0 Å². The molecule has 92 valence electrons. The van der Waals surface area contributed by atoms with Crippen molar-refractivity contribution in [1.82, 2.24) is 4.90 Å². The van der Waals surface area contributed by atoms with Crippen LogP contribution in [0.2, 0.25) is 0 Å². The summed E-state index contributed by atoms with van der Waals surface area (Å²) in [5.41, 5.74) is 1.34. The Hall–Kier alpha value is -1.31. The Labute approximate surface area is 104 Å². The number of carbonyl (C=O) groups excluding carboxylic acids is 1. The number of hydrogen-bond donors (Lipinski definition) is 0. The zero-order valence-corrected chi connectivity index (χ0v) is 10.6. The lowest BCUT2D eigenvalue weighted by Crippen LogP contribution is -2.36. The minimum absolute atomic E-state index is 0.339. The van der Waals surface area contributed by atoms with E-state index < -0.39 is 0 Å². The third kappa shape index (κ3) is 3.09. The number of carbonyl (C=O) groups is 1. The Bertz CT molecular complexity index is 360. The molecule has 0 aliphatic carbocycles. The molecule has 1 heterocycles. The first-order valence-electron chi connectivity index (χ1n) is 6.64. The minimum atomic E-state index is 0.339. The number of nitrogens with zero attached hydrogens (tertiary/aromatic N) is 1. The van der Waals surface area contributed by atoms with Gasteiger partial charge in [-0.25, -0.2) is 0 Å². The van der Waals surface area contributed by atoms with E-state index in [1.54, 1.807) is 0 Å². The minimum Gasteiger partial charge on any atom is -0.339 e. The smallest absolute Gasteiger partial charge is 0.222 e. The van der Waals surface area contributed by atoms with Crippen molar-refractivity contribution in [2.75, 3.05) is 6.54 Å². The van der Waals surface area contributed by atoms with E-state index in [1.165, 1.54) is 5.56 Å². The second-order valence-electron chi connectivity index (χ2n) is 4.82. The highest BCUT2D eigenvalue weighted by atomic mass is 16.2. The van der Waals surface area contributed by atoms with Crippen LogP contribution in [0, 0.1) is 0 Å². The molecule has 0 spiro atoms. The fourth-order valence-corrected chi connectivity index (χ4v) is 2.62. The summed E-state index contributed by atoms with van der Waals surface area (Å²) in [6, 6.07) is 10.9. The predicted octanol–water partition coefficient (Wildman–Crippen LogP) is 3.02. The molecule has 0 radical (unpaired) electrons. The average molecular weight is 231 g/mol. The molecule has 0 saturated carbocycles. The number of benzene rings is 1. The molecule has 1 aromatic rings. The van der Waals surface area contributed by atoms with Crippen LogP contribution in [0.3, 0.4) is 0 Å². The number of likely N-dealkylation sites (tertiary alicyclic amines) is 1. The zero-order valence-electron chi connectivity index (χ0n) is 10.6. The van der Waals surface area contributed by atoms with E-state index in [9.17, 15) is 4.79 Å². The van der Waals surface area contributed by atoms with E-state index in [0.717, 1.165) is 32.2 Å². The first kappa shape index (κ1) is 12.2. The van der Waals surface area contributed by atoms with Crippen LogP contribution >= 0.6 is 0 Å². The average Bonchev–Trinajstić information content (AvgIpc) is 2.79. The molecule has 2 rings (SSSR count). The lowest BCUT2D eigenvalue weighted by Gasteiger charge is -2.24. The fraction of sp³-hybridized carbons (Fsp3) is 0.533. The highest BCUT2D eigenvalue weighted by molar-refractivity contribution is 5.76. The molecular formula is C15H21NO. The maximum Gasteiger partial charge on any atom is 0.222 e. The highest BCUT2D eigenvalue weighted by Gasteiger charge is 2.27. The normalized spacial score (nSPS) is 19.6. The van der Waals surface area contributed by atoms with Gasteiger partial charge in [-0.3, -0.25) is 4.79 Å². The largest absolute Gasteiger partial charge is 0.339 e. The van der Waals surface area contributed by atoms with Crippen molar-refractivity contribution in [3.63, 3.8) is 0 Å². The number of amides is 1. The monoisotopic (exact) mass is 231 g/mol. The van der Waals surface area contributed by atoms with Gasteiger partial charge in [0.05, 0.1) is 0 Å². The molecular weight excluding hydrogens is 210 g/mol. The Morgan fingerprint density at radius 2 is 2.12 bits per heavy atom. The summed E-state index contributed by atoms with van der Waals surface area (Å²) in [6.45, 7) is 3.02. The molecule has 1 aliphatic rings. The van der Waals surface area contributed by atoms with E-state index >= 15 is 0 Å². The summed E-state index contributed by atoms with van der Waals surface area (Å²) < 4.78 is 0. The molecule has 1 aliphatic heterocycles. The molecule has 1 saturated heterocycles. The predicted molar refractivity (Wildman–Crippen MR) is 69.8 cm³/mol. The van der Waals surface area contributed by atoms with Gasteiger partial charge in [0.2, 0.25) is 5.91 Å². The summed E-state index contributed by atoms with van der Waals surface area (Å²) in [4.78, 5) is 14.1. The van der Waals surface area contributed by atoms with Crippen molar-refractivity contribution >= 4 is 5.91 Å². The summed E-state index contributed by atoms with van der Waals surface area (Å²) in [7, 11) is 0. The van der Waals surface area contributed by atoms with Gasteiger partial charge in [0, 0.05) is 19.0 Å². The lowest BCUT2D eigenvalue weighted by molar-refractivity contribution is -0.132. The Morgan fingerprint density at radius 3 is 2.82 bits per heavy atom. The van der Waals surface area contributed by atoms with Crippen LogP contribution in [0.25, 0.3) is 0 Å². The van der Waals surface area contributed by atoms with Crippen molar-refractivity contribution in [2.45, 2.75) is 45.1 Å². The molecule has 0 aromatic heterocycles. The maximum atomic E-state index is 12.0. The second-order valence-corrected chi connectivity index (χ2v) is 4.82. The topological polar surface area (TPSA) is 20.3 Å². The molecule has 2 heteroatoms. The van der Waals surface area contributed by atoms with E-state index in [4.69, 9.17) is 0 Å². The van der Waals surface area contributed by atoms with Gasteiger partial charge < -0.3 is 4.90 Å². The summed E-state index contributed by atoms with van der Waals surface area (Å²) in [5, 5.41) is 0. The van der Waals surface area contributed by atoms with Crippen LogP contribution in [0.1, 0.15) is 38.2 Å². The summed E-state index contributed by atoms with van der Waals surface area (Å²) >= 11 is 0. The molecule has 1 unspecified atom stereocenters. The molecule has 1 amide bonds. The molecule has 2 nitrogen and oxygen atoms in total. The van der Waals surface area contributed by atoms with Crippen molar-refractivity contribution in [1.29, 1.82) is 0 Å². The van der Waals surface area contributed by atoms with Gasteiger partial charge in [0.1, 0.15) is 0 Å². The van der Waals surface area contributed by atoms with E-state index in [1.807, 2.05) is 6.07 Å². The van der Waals surface area contributed by atoms with Crippen LogP contribution in [-0.4, -0.2) is 23.4 Å². The van der Waals surface area contributed by atoms with Gasteiger partial charge >= 0.3 is 0 Å². The standard InChI is InChI=1S/C15H21NO/c1-2-7-15(17)16-11-6-10-14(16)12-13-8-4-3-5-9-13/h3-5,8-9,14H,2,6-7,10-12H2,1H3. The quantitative estimate of drug-likeness (QED) is 0.780. The molecule has 17 heavy (non-hydrogen) atoms. The molecule has 1 aromatic carbocycles. The first-order chi connectivity index (χ1) is 8.31. The maximum absolute atomic E-state index is 12.0. The zero-order chi connectivity index (χ0) is 12.1. The number of rotatable bonds is 4. The molecule has 0 bridgehead atoms. The van der Waals surface area contributed by atoms with Gasteiger partial charge in [0.25, 0.3) is 0 Å². The van der Waals surface area contributed by atoms with Crippen LogP contribution in [-0.2, 0) is 11.2 Å². The molecule has 1 fully saturated rings. The van der Waals surface area contributed by atoms with Gasteiger partial charge in [-0.05, 0) is 31.2 Å². The van der Waals surface area contributed by atoms with Crippen molar-refractivity contribution in [3.8, 4) is 0 Å².